The van der Waals surface area contributed by atoms with Gasteiger partial charge in [0.25, 0.3) is 10.0 Å². The number of anilines is 2. The molecule has 0 saturated heterocycles. The van der Waals surface area contributed by atoms with Gasteiger partial charge in [-0.15, -0.1) is 0 Å². The number of nitrogen functional groups attached to an aromatic ring is 1. The maximum absolute atomic E-state index is 13.0. The molecule has 0 unspecified atom stereocenters. The number of halogens is 2. The lowest BCUT2D eigenvalue weighted by Gasteiger charge is -2.09. The van der Waals surface area contributed by atoms with E-state index in [0.717, 1.165) is 18.2 Å². The van der Waals surface area contributed by atoms with Crippen molar-refractivity contribution in [3.8, 4) is 0 Å². The normalized spacial score (nSPS) is 11.3. The third-order valence-corrected chi connectivity index (χ3v) is 3.98. The van der Waals surface area contributed by atoms with Crippen LogP contribution in [-0.2, 0) is 10.0 Å². The van der Waals surface area contributed by atoms with Crippen molar-refractivity contribution in [3.05, 3.63) is 47.5 Å². The van der Waals surface area contributed by atoms with Crippen molar-refractivity contribution in [3.63, 3.8) is 0 Å². The molecule has 0 fully saturated rings. The number of rotatable bonds is 3. The molecule has 0 bridgehead atoms. The van der Waals surface area contributed by atoms with Gasteiger partial charge in [-0.05, 0) is 24.3 Å². The molecular weight excluding hydrogens is 293 g/mol. The van der Waals surface area contributed by atoms with Crippen LogP contribution in [0.15, 0.2) is 41.6 Å². The summed E-state index contributed by atoms with van der Waals surface area (Å²) in [4.78, 5) is 3.60. The van der Waals surface area contributed by atoms with Crippen molar-refractivity contribution >= 4 is 33.0 Å². The molecule has 0 radical (unpaired) electrons. The van der Waals surface area contributed by atoms with E-state index < -0.39 is 15.8 Å². The fraction of sp³-hybridized carbons (Fsp3) is 0. The molecule has 0 aliphatic rings. The van der Waals surface area contributed by atoms with Gasteiger partial charge in [0.2, 0.25) is 0 Å². The van der Waals surface area contributed by atoms with Gasteiger partial charge >= 0.3 is 0 Å². The molecule has 19 heavy (non-hydrogen) atoms. The van der Waals surface area contributed by atoms with Crippen LogP contribution in [-0.4, -0.2) is 13.4 Å². The van der Waals surface area contributed by atoms with Crippen LogP contribution in [0, 0.1) is 5.82 Å². The predicted molar refractivity (Wildman–Crippen MR) is 70.9 cm³/mol. The Hall–Kier alpha value is -1.86. The Bertz CT molecular complexity index is 722. The molecule has 0 aliphatic heterocycles. The molecule has 0 saturated carbocycles. The molecule has 0 atom stereocenters. The molecule has 2 aromatic rings. The molecule has 1 aromatic carbocycles. The van der Waals surface area contributed by atoms with Crippen molar-refractivity contribution in [1.29, 1.82) is 0 Å². The Morgan fingerprint density at radius 3 is 2.68 bits per heavy atom. The Morgan fingerprint density at radius 1 is 1.32 bits per heavy atom. The molecule has 8 heteroatoms. The largest absolute Gasteiger partial charge is 0.396 e. The highest BCUT2D eigenvalue weighted by Gasteiger charge is 2.17. The van der Waals surface area contributed by atoms with Crippen molar-refractivity contribution in [2.24, 2.45) is 0 Å². The topological polar surface area (TPSA) is 85.1 Å². The highest BCUT2D eigenvalue weighted by Crippen LogP contribution is 2.24. The van der Waals surface area contributed by atoms with E-state index in [2.05, 4.69) is 9.71 Å². The summed E-state index contributed by atoms with van der Waals surface area (Å²) >= 11 is 5.82. The number of aromatic nitrogens is 1. The Morgan fingerprint density at radius 2 is 2.05 bits per heavy atom. The molecule has 2 rings (SSSR count). The van der Waals surface area contributed by atoms with Gasteiger partial charge < -0.3 is 5.73 Å². The fourth-order valence-corrected chi connectivity index (χ4v) is 2.65. The van der Waals surface area contributed by atoms with E-state index in [1.807, 2.05) is 0 Å². The Labute approximate surface area is 114 Å². The first-order valence-electron chi connectivity index (χ1n) is 5.07. The van der Waals surface area contributed by atoms with Gasteiger partial charge in [0.1, 0.15) is 5.82 Å². The number of nitrogens with two attached hydrogens (primary N) is 1. The zero-order chi connectivity index (χ0) is 14.0. The Balaban J connectivity index is 2.38. The van der Waals surface area contributed by atoms with Gasteiger partial charge in [0.15, 0.2) is 0 Å². The third-order valence-electron chi connectivity index (χ3n) is 2.29. The maximum Gasteiger partial charge on any atom is 0.262 e. The van der Waals surface area contributed by atoms with E-state index in [9.17, 15) is 12.8 Å². The molecule has 0 aliphatic carbocycles. The molecule has 0 spiro atoms. The SMILES string of the molecule is Nc1cc(S(=O)(=O)Nc2cnccc2Cl)ccc1F. The summed E-state index contributed by atoms with van der Waals surface area (Å²) in [5.74, 6) is -0.682. The minimum Gasteiger partial charge on any atom is -0.396 e. The summed E-state index contributed by atoms with van der Waals surface area (Å²) in [6.07, 6.45) is 2.70. The number of sulfonamides is 1. The van der Waals surface area contributed by atoms with Crippen molar-refractivity contribution in [2.75, 3.05) is 10.5 Å². The summed E-state index contributed by atoms with van der Waals surface area (Å²) in [7, 11) is -3.90. The van der Waals surface area contributed by atoms with E-state index >= 15 is 0 Å². The molecule has 5 nitrogen and oxygen atoms in total. The highest BCUT2D eigenvalue weighted by atomic mass is 35.5. The second kappa shape index (κ2) is 5.02. The molecule has 100 valence electrons. The number of hydrogen-bond donors (Lipinski definition) is 2. The average molecular weight is 302 g/mol. The smallest absolute Gasteiger partial charge is 0.262 e. The molecular formula is C11H9ClFN3O2S. The molecule has 0 amide bonds. The first-order chi connectivity index (χ1) is 8.90. The van der Waals surface area contributed by atoms with Crippen LogP contribution in [0.4, 0.5) is 15.8 Å². The number of hydrogen-bond acceptors (Lipinski definition) is 4. The van der Waals surface area contributed by atoms with E-state index in [0.29, 0.717) is 0 Å². The summed E-state index contributed by atoms with van der Waals surface area (Å²) < 4.78 is 39.3. The molecule has 3 N–H and O–H groups in total. The maximum atomic E-state index is 13.0. The van der Waals surface area contributed by atoms with Gasteiger partial charge in [0.05, 0.1) is 27.5 Å². The molecule has 1 heterocycles. The first-order valence-corrected chi connectivity index (χ1v) is 6.93. The Kier molecular flexibility index (Phi) is 3.59. The monoisotopic (exact) mass is 301 g/mol. The van der Waals surface area contributed by atoms with E-state index in [1.54, 1.807) is 0 Å². The summed E-state index contributed by atoms with van der Waals surface area (Å²) in [6, 6.07) is 4.56. The summed E-state index contributed by atoms with van der Waals surface area (Å²) in [6.45, 7) is 0. The van der Waals surface area contributed by atoms with Gasteiger partial charge in [-0.25, -0.2) is 12.8 Å². The van der Waals surface area contributed by atoms with E-state index in [1.165, 1.54) is 18.5 Å². The van der Waals surface area contributed by atoms with Gasteiger partial charge in [-0.3, -0.25) is 9.71 Å². The van der Waals surface area contributed by atoms with Crippen LogP contribution in [0.3, 0.4) is 0 Å². The second-order valence-electron chi connectivity index (χ2n) is 3.64. The second-order valence-corrected chi connectivity index (χ2v) is 5.73. The van der Waals surface area contributed by atoms with E-state index in [-0.39, 0.29) is 21.3 Å². The lowest BCUT2D eigenvalue weighted by Crippen LogP contribution is -2.14. The lowest BCUT2D eigenvalue weighted by molar-refractivity contribution is 0.600. The number of benzene rings is 1. The standard InChI is InChI=1S/C11H9ClFN3O2S/c12-8-3-4-15-6-11(8)16-19(17,18)7-1-2-9(13)10(14)5-7/h1-6,16H,14H2. The summed E-state index contributed by atoms with van der Waals surface area (Å²) in [5.41, 5.74) is 5.22. The number of pyridine rings is 1. The minimum absolute atomic E-state index is 0.132. The van der Waals surface area contributed by atoms with Crippen LogP contribution < -0.4 is 10.5 Å². The predicted octanol–water partition coefficient (Wildman–Crippen LogP) is 2.26. The average Bonchev–Trinajstić information content (AvgIpc) is 2.35. The zero-order valence-corrected chi connectivity index (χ0v) is 11.0. The van der Waals surface area contributed by atoms with Crippen LogP contribution in [0.2, 0.25) is 5.02 Å². The lowest BCUT2D eigenvalue weighted by atomic mass is 10.3. The van der Waals surface area contributed by atoms with E-state index in [4.69, 9.17) is 17.3 Å². The van der Waals surface area contributed by atoms with Gasteiger partial charge in [0, 0.05) is 6.20 Å². The van der Waals surface area contributed by atoms with Crippen LogP contribution >= 0.6 is 11.6 Å². The zero-order valence-electron chi connectivity index (χ0n) is 9.47. The van der Waals surface area contributed by atoms with Crippen molar-refractivity contribution < 1.29 is 12.8 Å². The number of nitrogens with zero attached hydrogens (tertiary/aromatic N) is 1. The quantitative estimate of drug-likeness (QED) is 0.852. The molecule has 1 aromatic heterocycles. The highest BCUT2D eigenvalue weighted by molar-refractivity contribution is 7.92. The third kappa shape index (κ3) is 2.94. The van der Waals surface area contributed by atoms with Gasteiger partial charge in [-0.1, -0.05) is 11.6 Å². The van der Waals surface area contributed by atoms with Crippen LogP contribution in [0.5, 0.6) is 0 Å². The van der Waals surface area contributed by atoms with Crippen molar-refractivity contribution in [1.82, 2.24) is 4.98 Å². The van der Waals surface area contributed by atoms with Crippen LogP contribution in [0.25, 0.3) is 0 Å². The summed E-state index contributed by atoms with van der Waals surface area (Å²) in [5, 5.41) is 0.202. The fourth-order valence-electron chi connectivity index (χ4n) is 1.35. The van der Waals surface area contributed by atoms with Crippen LogP contribution in [0.1, 0.15) is 0 Å². The van der Waals surface area contributed by atoms with Gasteiger partial charge in [-0.2, -0.15) is 0 Å². The minimum atomic E-state index is -3.90. The first kappa shape index (κ1) is 13.6. The van der Waals surface area contributed by atoms with Crippen molar-refractivity contribution in [2.45, 2.75) is 4.90 Å². The number of nitrogens with one attached hydrogen (secondary N) is 1.